The monoisotopic (exact) mass is 1060 g/mol. The minimum atomic E-state index is -1.75. The molecule has 1 rings (SSSR count). The second kappa shape index (κ2) is 34.2. The van der Waals surface area contributed by atoms with Gasteiger partial charge < -0.3 is 92.1 Å². The van der Waals surface area contributed by atoms with Gasteiger partial charge in [-0.2, -0.15) is 25.3 Å². The molecular weight excluding hydrogens is 987 g/mol. The van der Waals surface area contributed by atoms with Gasteiger partial charge in [0.2, 0.25) is 53.2 Å². The number of imidazole rings is 1. The molecule has 1 heterocycles. The first-order chi connectivity index (χ1) is 34.0. The molecular formula is C41H73N17O12S2. The summed E-state index contributed by atoms with van der Waals surface area (Å²) in [7, 11) is 0. The summed E-state index contributed by atoms with van der Waals surface area (Å²) in [5, 5.41) is 39.6. The van der Waals surface area contributed by atoms with Gasteiger partial charge in [-0.15, -0.1) is 0 Å². The standard InChI is InChI=1S/C41H73N17O12S2/c1-20(32(61)57-29(18-72)40(69)70)51-34(63)24(8-3-5-11-42)54-39(68)31(21(2)59)58-38(67)27(14-22-16-48-19-50-22)56-36(65)25(9-4-6-12-43)52-35(64)26(10-7-13-49-41(46)47)53-37(66)28(15-30(45)60)55-33(62)23(44)17-71/h16,19-21,23-29,31,59,71-72H,3-15,17-18,42-44H2,1-2H3,(H2,45,60)(H,48,50)(H,51,63)(H,52,64)(H,53,66)(H,54,68)(H,55,62)(H,56,65)(H,57,61)(H,58,67)(H,69,70)(H4,46,47,49)/t20-,21+,23-,24-,25-,26-,27-,28-,29-,31-/m0/s1. The third kappa shape index (κ3) is 24.2. The number of aliphatic hydroxyl groups is 1. The van der Waals surface area contributed by atoms with Crippen molar-refractivity contribution in [2.45, 2.75) is 139 Å². The number of nitrogens with one attached hydrogen (secondary N) is 9. The van der Waals surface area contributed by atoms with Gasteiger partial charge in [0.1, 0.15) is 48.3 Å². The molecule has 1 aromatic rings. The Kier molecular flexibility index (Phi) is 30.2. The lowest BCUT2D eigenvalue weighted by atomic mass is 10.0. The van der Waals surface area contributed by atoms with Gasteiger partial charge in [-0.1, -0.05) is 0 Å². The predicted molar refractivity (Wildman–Crippen MR) is 268 cm³/mol. The van der Waals surface area contributed by atoms with E-state index in [1.807, 2.05) is 0 Å². The number of hydrogen-bond donors (Lipinski definition) is 19. The molecule has 406 valence electrons. The van der Waals surface area contributed by atoms with E-state index in [9.17, 15) is 58.2 Å². The Morgan fingerprint density at radius 1 is 0.625 bits per heavy atom. The fourth-order valence-electron chi connectivity index (χ4n) is 6.49. The van der Waals surface area contributed by atoms with E-state index in [0.29, 0.717) is 25.0 Å². The van der Waals surface area contributed by atoms with Gasteiger partial charge in [0.25, 0.3) is 0 Å². The summed E-state index contributed by atoms with van der Waals surface area (Å²) < 4.78 is 0. The van der Waals surface area contributed by atoms with Crippen molar-refractivity contribution in [1.29, 1.82) is 0 Å². The molecule has 0 fully saturated rings. The summed E-state index contributed by atoms with van der Waals surface area (Å²) in [6.45, 7) is 2.91. The third-order valence-electron chi connectivity index (χ3n) is 10.5. The molecule has 1 aromatic heterocycles. The van der Waals surface area contributed by atoms with Crippen LogP contribution < -0.4 is 76.9 Å². The highest BCUT2D eigenvalue weighted by molar-refractivity contribution is 7.80. The van der Waals surface area contributed by atoms with Gasteiger partial charge in [-0.3, -0.25) is 48.1 Å². The molecule has 0 aliphatic heterocycles. The number of thiol groups is 2. The normalized spacial score (nSPS) is 15.2. The molecule has 0 spiro atoms. The molecule has 72 heavy (non-hydrogen) atoms. The van der Waals surface area contributed by atoms with Crippen LogP contribution in [0.25, 0.3) is 0 Å². The number of hydrogen-bond acceptors (Lipinski definition) is 18. The maximum Gasteiger partial charge on any atom is 0.327 e. The lowest BCUT2D eigenvalue weighted by Crippen LogP contribution is -2.62. The Morgan fingerprint density at radius 3 is 1.56 bits per heavy atom. The van der Waals surface area contributed by atoms with Crippen molar-refractivity contribution in [2.75, 3.05) is 31.1 Å². The van der Waals surface area contributed by atoms with Crippen LogP contribution in [0.3, 0.4) is 0 Å². The van der Waals surface area contributed by atoms with Gasteiger partial charge in [-0.25, -0.2) is 9.78 Å². The number of guanidine groups is 1. The number of aromatic nitrogens is 2. The lowest BCUT2D eigenvalue weighted by Gasteiger charge is -2.28. The van der Waals surface area contributed by atoms with Crippen molar-refractivity contribution in [3.8, 4) is 0 Å². The number of carbonyl (C=O) groups excluding carboxylic acids is 9. The second-order valence-corrected chi connectivity index (χ2v) is 17.3. The number of nitrogens with zero attached hydrogens (tertiary/aromatic N) is 2. The van der Waals surface area contributed by atoms with Crippen LogP contribution in [0.5, 0.6) is 0 Å². The van der Waals surface area contributed by atoms with E-state index < -0.39 is 126 Å². The fraction of sp³-hybridized carbons (Fsp3) is 0.659. The van der Waals surface area contributed by atoms with Crippen molar-refractivity contribution in [2.24, 2.45) is 39.4 Å². The van der Waals surface area contributed by atoms with E-state index in [1.54, 1.807) is 0 Å². The number of H-pyrrole nitrogens is 1. The minimum Gasteiger partial charge on any atom is -0.480 e. The zero-order valence-corrected chi connectivity index (χ0v) is 42.1. The van der Waals surface area contributed by atoms with Crippen LogP contribution in [0.1, 0.15) is 77.3 Å². The van der Waals surface area contributed by atoms with Gasteiger partial charge in [0, 0.05) is 36.4 Å². The molecule has 0 aliphatic rings. The molecule has 29 nitrogen and oxygen atoms in total. The molecule has 0 radical (unpaired) electrons. The first kappa shape index (κ1) is 63.7. The third-order valence-corrected chi connectivity index (χ3v) is 11.3. The first-order valence-corrected chi connectivity index (χ1v) is 24.3. The molecule has 0 unspecified atom stereocenters. The van der Waals surface area contributed by atoms with Crippen LogP contribution in [0.15, 0.2) is 17.5 Å². The highest BCUT2D eigenvalue weighted by atomic mass is 32.1. The number of unbranched alkanes of at least 4 members (excludes halogenated alkanes) is 2. The summed E-state index contributed by atoms with van der Waals surface area (Å²) in [6.07, 6.45) is 1.40. The Bertz CT molecular complexity index is 1980. The Morgan fingerprint density at radius 2 is 1.10 bits per heavy atom. The second-order valence-electron chi connectivity index (χ2n) is 16.6. The topological polar surface area (TPSA) is 505 Å². The number of nitrogens with two attached hydrogens (primary N) is 6. The molecule has 9 amide bonds. The van der Waals surface area contributed by atoms with Crippen LogP contribution in [0, 0.1) is 0 Å². The summed E-state index contributed by atoms with van der Waals surface area (Å²) in [5.41, 5.74) is 33.7. The number of aliphatic hydroxyl groups excluding tert-OH is 1. The molecule has 10 atom stereocenters. The molecule has 0 saturated heterocycles. The zero-order valence-electron chi connectivity index (χ0n) is 40.3. The number of aromatic amines is 1. The number of primary amides is 1. The van der Waals surface area contributed by atoms with Crippen molar-refractivity contribution in [3.05, 3.63) is 18.2 Å². The molecule has 0 aromatic carbocycles. The smallest absolute Gasteiger partial charge is 0.327 e. The summed E-state index contributed by atoms with van der Waals surface area (Å²) in [4.78, 5) is 143. The van der Waals surface area contributed by atoms with E-state index in [1.165, 1.54) is 26.4 Å². The number of carbonyl (C=O) groups is 10. The Hall–Kier alpha value is -6.28. The maximum absolute atomic E-state index is 14.2. The number of rotatable bonds is 36. The number of aliphatic carboxylic acids is 1. The van der Waals surface area contributed by atoms with Crippen molar-refractivity contribution in [3.63, 3.8) is 0 Å². The van der Waals surface area contributed by atoms with Gasteiger partial charge in [0.15, 0.2) is 5.96 Å². The maximum atomic E-state index is 14.2. The van der Waals surface area contributed by atoms with E-state index in [0.717, 1.165) is 0 Å². The summed E-state index contributed by atoms with van der Waals surface area (Å²) in [5.74, 6) is -10.4. The van der Waals surface area contributed by atoms with Crippen LogP contribution in [-0.2, 0) is 54.4 Å². The molecule has 0 aliphatic carbocycles. The number of aliphatic imine (C=N–C) groups is 1. The average Bonchev–Trinajstić information content (AvgIpc) is 3.84. The van der Waals surface area contributed by atoms with Crippen molar-refractivity contribution < 1.29 is 58.2 Å². The highest BCUT2D eigenvalue weighted by Crippen LogP contribution is 2.10. The number of carboxylic acids is 1. The molecule has 0 saturated carbocycles. The molecule has 0 bridgehead atoms. The average molecular weight is 1060 g/mol. The quantitative estimate of drug-likeness (QED) is 0.0128. The Balaban J connectivity index is 3.53. The van der Waals surface area contributed by atoms with Crippen molar-refractivity contribution >= 4 is 90.4 Å². The van der Waals surface area contributed by atoms with Crippen LogP contribution in [0.2, 0.25) is 0 Å². The molecule has 31 heteroatoms. The van der Waals surface area contributed by atoms with Gasteiger partial charge in [0.05, 0.1) is 24.9 Å². The van der Waals surface area contributed by atoms with Crippen molar-refractivity contribution in [1.82, 2.24) is 52.5 Å². The molecule has 23 N–H and O–H groups in total. The fourth-order valence-corrected chi connectivity index (χ4v) is 6.91. The van der Waals surface area contributed by atoms with E-state index in [4.69, 9.17) is 34.4 Å². The van der Waals surface area contributed by atoms with Crippen LogP contribution >= 0.6 is 25.3 Å². The minimum absolute atomic E-state index is 0.00406. The van der Waals surface area contributed by atoms with Gasteiger partial charge >= 0.3 is 5.97 Å². The predicted octanol–water partition coefficient (Wildman–Crippen LogP) is -7.31. The van der Waals surface area contributed by atoms with E-state index in [-0.39, 0.29) is 75.6 Å². The lowest BCUT2D eigenvalue weighted by molar-refractivity contribution is -0.141. The number of carboxylic acid groups (broad SMARTS) is 1. The van der Waals surface area contributed by atoms with E-state index in [2.05, 4.69) is 82.8 Å². The summed E-state index contributed by atoms with van der Waals surface area (Å²) >= 11 is 7.88. The van der Waals surface area contributed by atoms with Crippen LogP contribution in [-0.4, -0.2) is 177 Å². The SMILES string of the molecule is C[C@H](NC(=O)[C@H](CCCCN)NC(=O)[C@@H](NC(=O)[C@H](Cc1cnc[nH]1)NC(=O)[C@H](CCCCN)NC(=O)[C@H](CCCN=C(N)N)NC(=O)[C@H](CC(N)=O)NC(=O)[C@@H](N)CS)[C@@H](C)O)C(=O)N[C@@H](CS)C(=O)O. The zero-order chi connectivity index (χ0) is 54.5. The first-order valence-electron chi connectivity index (χ1n) is 23.0. The largest absolute Gasteiger partial charge is 0.480 e. The Labute approximate surface area is 427 Å². The highest BCUT2D eigenvalue weighted by Gasteiger charge is 2.36. The van der Waals surface area contributed by atoms with Gasteiger partial charge in [-0.05, 0) is 78.3 Å². The number of amides is 9. The van der Waals surface area contributed by atoms with Crippen LogP contribution in [0.4, 0.5) is 0 Å². The summed E-state index contributed by atoms with van der Waals surface area (Å²) in [6, 6.07) is -12.9. The van der Waals surface area contributed by atoms with E-state index >= 15 is 0 Å².